The number of nitrogens with zero attached hydrogens (tertiary/aromatic N) is 6. The Morgan fingerprint density at radius 1 is 0.400 bits per heavy atom. The monoisotopic (exact) mass is 648 g/mol. The van der Waals surface area contributed by atoms with E-state index in [1.54, 1.807) is 0 Å². The highest BCUT2D eigenvalue weighted by Crippen LogP contribution is 2.34. The molecular weight excluding hydrogens is 613 g/mol. The van der Waals surface area contributed by atoms with Crippen molar-refractivity contribution in [2.75, 3.05) is 23.9 Å². The third-order valence-corrected chi connectivity index (χ3v) is 8.99. The standard InChI is InChI=1S/C24H19N3.C20H17N3/c1-26(22-17-9-11-18-10-5-6-14-20(18)22)24-25-21-15-7-8-16-23(21)27(24)19-12-3-2-4-13-19;1-22(16-10-4-2-5-11-16)20-21-18-14-8-9-15-19(18)23(20)17-12-6-3-7-13-17/h2-17H,1H3;2-15H,1H3. The van der Waals surface area contributed by atoms with Crippen molar-refractivity contribution in [3.8, 4) is 11.4 Å². The Morgan fingerprint density at radius 3 is 1.42 bits per heavy atom. The number of imidazole rings is 2. The van der Waals surface area contributed by atoms with Gasteiger partial charge in [0.2, 0.25) is 11.9 Å². The first kappa shape index (κ1) is 30.7. The molecule has 0 amide bonds. The summed E-state index contributed by atoms with van der Waals surface area (Å²) in [7, 11) is 4.14. The lowest BCUT2D eigenvalue weighted by Crippen LogP contribution is -2.15. The van der Waals surface area contributed by atoms with Gasteiger partial charge < -0.3 is 9.80 Å². The van der Waals surface area contributed by atoms with Crippen LogP contribution in [-0.4, -0.2) is 33.2 Å². The molecule has 0 aliphatic carbocycles. The van der Waals surface area contributed by atoms with Gasteiger partial charge in [-0.2, -0.15) is 0 Å². The second kappa shape index (κ2) is 13.5. The van der Waals surface area contributed by atoms with Crippen molar-refractivity contribution in [1.29, 1.82) is 0 Å². The lowest BCUT2D eigenvalue weighted by molar-refractivity contribution is 1.01. The van der Waals surface area contributed by atoms with Crippen LogP contribution in [0, 0.1) is 0 Å². The van der Waals surface area contributed by atoms with Gasteiger partial charge in [0.15, 0.2) is 0 Å². The molecule has 0 saturated heterocycles. The van der Waals surface area contributed by atoms with Crippen molar-refractivity contribution in [1.82, 2.24) is 19.1 Å². The van der Waals surface area contributed by atoms with E-state index in [1.165, 1.54) is 10.8 Å². The lowest BCUT2D eigenvalue weighted by Gasteiger charge is -2.22. The van der Waals surface area contributed by atoms with Crippen molar-refractivity contribution in [3.05, 3.63) is 182 Å². The molecule has 0 bridgehead atoms. The number of rotatable bonds is 6. The summed E-state index contributed by atoms with van der Waals surface area (Å²) >= 11 is 0. The summed E-state index contributed by atoms with van der Waals surface area (Å²) in [5, 5.41) is 2.44. The number of anilines is 4. The Kier molecular flexibility index (Phi) is 8.25. The molecule has 6 heteroatoms. The molecule has 0 unspecified atom stereocenters. The van der Waals surface area contributed by atoms with Crippen LogP contribution in [-0.2, 0) is 0 Å². The number of hydrogen-bond donors (Lipinski definition) is 0. The summed E-state index contributed by atoms with van der Waals surface area (Å²) in [6.07, 6.45) is 0. The molecule has 9 aromatic rings. The predicted octanol–water partition coefficient (Wildman–Crippen LogP) is 10.7. The first-order valence-corrected chi connectivity index (χ1v) is 16.7. The molecule has 242 valence electrons. The van der Waals surface area contributed by atoms with Crippen LogP contribution in [0.5, 0.6) is 0 Å². The molecule has 0 radical (unpaired) electrons. The highest BCUT2D eigenvalue weighted by Gasteiger charge is 2.19. The minimum absolute atomic E-state index is 0.902. The van der Waals surface area contributed by atoms with E-state index in [-0.39, 0.29) is 0 Å². The summed E-state index contributed by atoms with van der Waals surface area (Å²) in [5.74, 6) is 1.81. The molecule has 0 saturated carbocycles. The van der Waals surface area contributed by atoms with Crippen LogP contribution in [0.15, 0.2) is 182 Å². The maximum Gasteiger partial charge on any atom is 0.215 e. The minimum Gasteiger partial charge on any atom is -0.315 e. The Morgan fingerprint density at radius 2 is 0.840 bits per heavy atom. The zero-order valence-corrected chi connectivity index (χ0v) is 28.0. The van der Waals surface area contributed by atoms with Gasteiger partial charge in [0.25, 0.3) is 0 Å². The third kappa shape index (κ3) is 5.73. The van der Waals surface area contributed by atoms with E-state index in [4.69, 9.17) is 9.97 Å². The van der Waals surface area contributed by atoms with Crippen molar-refractivity contribution in [3.63, 3.8) is 0 Å². The smallest absolute Gasteiger partial charge is 0.215 e. The number of hydrogen-bond acceptors (Lipinski definition) is 4. The van der Waals surface area contributed by atoms with Gasteiger partial charge in [-0.1, -0.05) is 115 Å². The number of fused-ring (bicyclic) bond motifs is 3. The summed E-state index contributed by atoms with van der Waals surface area (Å²) < 4.78 is 4.42. The van der Waals surface area contributed by atoms with Crippen molar-refractivity contribution >= 4 is 56.1 Å². The van der Waals surface area contributed by atoms with Gasteiger partial charge in [-0.25, -0.2) is 9.97 Å². The van der Waals surface area contributed by atoms with Crippen LogP contribution in [0.4, 0.5) is 23.3 Å². The van der Waals surface area contributed by atoms with Crippen LogP contribution < -0.4 is 9.80 Å². The summed E-state index contributed by atoms with van der Waals surface area (Å²) in [5.41, 5.74) is 8.66. The normalized spacial score (nSPS) is 11.0. The second-order valence-electron chi connectivity index (χ2n) is 12.1. The Hall–Kier alpha value is -6.66. The number of para-hydroxylation sites is 7. The Balaban J connectivity index is 0.000000146. The van der Waals surface area contributed by atoms with E-state index >= 15 is 0 Å². The fraction of sp³-hybridized carbons (Fsp3) is 0.0455. The van der Waals surface area contributed by atoms with Gasteiger partial charge in [-0.3, -0.25) is 9.13 Å². The van der Waals surface area contributed by atoms with Gasteiger partial charge in [0.1, 0.15) is 0 Å². The van der Waals surface area contributed by atoms with E-state index < -0.39 is 0 Å². The molecule has 0 N–H and O–H groups in total. The van der Waals surface area contributed by atoms with Crippen LogP contribution >= 0.6 is 0 Å². The van der Waals surface area contributed by atoms with Crippen LogP contribution in [0.2, 0.25) is 0 Å². The zero-order chi connectivity index (χ0) is 33.9. The van der Waals surface area contributed by atoms with Crippen LogP contribution in [0.3, 0.4) is 0 Å². The second-order valence-corrected chi connectivity index (χ2v) is 12.1. The topological polar surface area (TPSA) is 42.1 Å². The molecule has 2 heterocycles. The fourth-order valence-corrected chi connectivity index (χ4v) is 6.52. The highest BCUT2D eigenvalue weighted by molar-refractivity contribution is 5.96. The maximum absolute atomic E-state index is 4.96. The molecule has 0 aliphatic rings. The van der Waals surface area contributed by atoms with Crippen LogP contribution in [0.1, 0.15) is 0 Å². The molecular formula is C44H36N6. The fourth-order valence-electron chi connectivity index (χ4n) is 6.52. The average molecular weight is 649 g/mol. The molecule has 6 nitrogen and oxygen atoms in total. The molecule has 50 heavy (non-hydrogen) atoms. The number of benzene rings is 7. The van der Waals surface area contributed by atoms with Gasteiger partial charge >= 0.3 is 0 Å². The van der Waals surface area contributed by atoms with E-state index in [1.807, 2.05) is 42.5 Å². The van der Waals surface area contributed by atoms with Crippen LogP contribution in [0.25, 0.3) is 44.2 Å². The minimum atomic E-state index is 0.902. The lowest BCUT2D eigenvalue weighted by atomic mass is 10.1. The summed E-state index contributed by atoms with van der Waals surface area (Å²) in [6.45, 7) is 0. The number of aromatic nitrogens is 4. The largest absolute Gasteiger partial charge is 0.315 e. The molecule has 9 rings (SSSR count). The zero-order valence-electron chi connectivity index (χ0n) is 28.0. The average Bonchev–Trinajstić information content (AvgIpc) is 3.78. The Bertz CT molecular complexity index is 2510. The van der Waals surface area contributed by atoms with Crippen molar-refractivity contribution in [2.45, 2.75) is 0 Å². The predicted molar refractivity (Wildman–Crippen MR) is 209 cm³/mol. The first-order chi connectivity index (χ1) is 24.7. The SMILES string of the molecule is CN(c1cccc2ccccc12)c1nc2ccccc2n1-c1ccccc1.CN(c1ccccc1)c1nc2ccccc2n1-c1ccccc1. The van der Waals surface area contributed by atoms with Crippen molar-refractivity contribution in [2.24, 2.45) is 0 Å². The molecule has 0 atom stereocenters. The Labute approximate surface area is 291 Å². The maximum atomic E-state index is 4.96. The highest BCUT2D eigenvalue weighted by atomic mass is 15.3. The van der Waals surface area contributed by atoms with E-state index in [9.17, 15) is 0 Å². The molecule has 0 aliphatic heterocycles. The molecule has 2 aromatic heterocycles. The third-order valence-electron chi connectivity index (χ3n) is 8.99. The van der Waals surface area contributed by atoms with E-state index in [2.05, 4.69) is 173 Å². The molecule has 7 aromatic carbocycles. The summed E-state index contributed by atoms with van der Waals surface area (Å²) in [4.78, 5) is 14.1. The molecule has 0 fully saturated rings. The van der Waals surface area contributed by atoms with Gasteiger partial charge in [-0.15, -0.1) is 0 Å². The van der Waals surface area contributed by atoms with Gasteiger partial charge in [0.05, 0.1) is 27.8 Å². The van der Waals surface area contributed by atoms with E-state index in [0.717, 1.165) is 56.7 Å². The van der Waals surface area contributed by atoms with Gasteiger partial charge in [-0.05, 0) is 72.1 Å². The van der Waals surface area contributed by atoms with Crippen molar-refractivity contribution < 1.29 is 0 Å². The summed E-state index contributed by atoms with van der Waals surface area (Å²) in [6, 6.07) is 62.4. The van der Waals surface area contributed by atoms with Gasteiger partial charge in [0, 0.05) is 36.5 Å². The molecule has 0 spiro atoms. The quantitative estimate of drug-likeness (QED) is 0.180. The van der Waals surface area contributed by atoms with E-state index in [0.29, 0.717) is 0 Å². The first-order valence-electron chi connectivity index (χ1n) is 16.7.